The number of aromatic nitrogens is 1. The highest BCUT2D eigenvalue weighted by molar-refractivity contribution is 6.03. The molecule has 0 unspecified atom stereocenters. The van der Waals surface area contributed by atoms with E-state index in [1.807, 2.05) is 49.4 Å². The van der Waals surface area contributed by atoms with Crippen molar-refractivity contribution in [2.24, 2.45) is 0 Å². The average molecular weight is 360 g/mol. The van der Waals surface area contributed by atoms with Gasteiger partial charge in [-0.15, -0.1) is 0 Å². The van der Waals surface area contributed by atoms with E-state index >= 15 is 0 Å². The zero-order chi connectivity index (χ0) is 19.2. The first-order valence-electron chi connectivity index (χ1n) is 8.49. The summed E-state index contributed by atoms with van der Waals surface area (Å²) in [6.07, 6.45) is 1.58. The van der Waals surface area contributed by atoms with Crippen molar-refractivity contribution in [3.05, 3.63) is 78.1 Å². The van der Waals surface area contributed by atoms with Crippen molar-refractivity contribution in [2.45, 2.75) is 13.8 Å². The summed E-state index contributed by atoms with van der Waals surface area (Å²) in [7, 11) is 0. The second-order valence-electron chi connectivity index (χ2n) is 6.09. The molecule has 27 heavy (non-hydrogen) atoms. The number of nitrogens with one attached hydrogen (secondary N) is 3. The van der Waals surface area contributed by atoms with Gasteiger partial charge in [-0.1, -0.05) is 24.3 Å². The number of aryl methyl sites for hydroxylation is 1. The van der Waals surface area contributed by atoms with E-state index in [-0.39, 0.29) is 11.8 Å². The Morgan fingerprint density at radius 3 is 2.37 bits per heavy atom. The quantitative estimate of drug-likeness (QED) is 0.632. The number of carbonyl (C=O) groups excluding carboxylic acids is 2. The van der Waals surface area contributed by atoms with Crippen LogP contribution in [0.5, 0.6) is 0 Å². The Morgan fingerprint density at radius 2 is 1.59 bits per heavy atom. The highest BCUT2D eigenvalue weighted by Crippen LogP contribution is 2.21. The van der Waals surface area contributed by atoms with E-state index in [4.69, 9.17) is 0 Å². The second-order valence-corrected chi connectivity index (χ2v) is 6.09. The van der Waals surface area contributed by atoms with E-state index in [1.54, 1.807) is 24.4 Å². The van der Waals surface area contributed by atoms with Crippen molar-refractivity contribution in [3.63, 3.8) is 0 Å². The van der Waals surface area contributed by atoms with Gasteiger partial charge in [0.05, 0.1) is 0 Å². The summed E-state index contributed by atoms with van der Waals surface area (Å²) in [6.45, 7) is 3.39. The molecule has 3 N–H and O–H groups in total. The van der Waals surface area contributed by atoms with Crippen LogP contribution in [0.15, 0.2) is 66.9 Å². The molecule has 3 aromatic rings. The van der Waals surface area contributed by atoms with Crippen LogP contribution in [0.1, 0.15) is 23.0 Å². The third-order valence-corrected chi connectivity index (χ3v) is 3.86. The van der Waals surface area contributed by atoms with Gasteiger partial charge < -0.3 is 16.0 Å². The molecule has 1 aromatic heterocycles. The van der Waals surface area contributed by atoms with E-state index < -0.39 is 0 Å². The number of para-hydroxylation sites is 1. The van der Waals surface area contributed by atoms with Crippen molar-refractivity contribution in [1.29, 1.82) is 0 Å². The van der Waals surface area contributed by atoms with Crippen LogP contribution in [0, 0.1) is 6.92 Å². The zero-order valence-corrected chi connectivity index (χ0v) is 15.1. The molecule has 0 aliphatic carbocycles. The number of amides is 2. The van der Waals surface area contributed by atoms with Crippen molar-refractivity contribution < 1.29 is 9.59 Å². The zero-order valence-electron chi connectivity index (χ0n) is 15.1. The second kappa shape index (κ2) is 8.14. The lowest BCUT2D eigenvalue weighted by Gasteiger charge is -2.11. The summed E-state index contributed by atoms with van der Waals surface area (Å²) >= 11 is 0. The van der Waals surface area contributed by atoms with Gasteiger partial charge in [-0.25, -0.2) is 0 Å². The average Bonchev–Trinajstić information content (AvgIpc) is 2.63. The molecule has 0 atom stereocenters. The monoisotopic (exact) mass is 360 g/mol. The molecule has 0 radical (unpaired) electrons. The van der Waals surface area contributed by atoms with Crippen LogP contribution in [-0.2, 0) is 4.79 Å². The van der Waals surface area contributed by atoms with Gasteiger partial charge in [0.15, 0.2) is 0 Å². The number of nitrogens with zero attached hydrogens (tertiary/aromatic N) is 1. The minimum atomic E-state index is -0.278. The van der Waals surface area contributed by atoms with Gasteiger partial charge in [0.25, 0.3) is 5.91 Å². The van der Waals surface area contributed by atoms with Crippen LogP contribution in [-0.4, -0.2) is 16.8 Å². The fourth-order valence-corrected chi connectivity index (χ4v) is 2.58. The Bertz CT molecular complexity index is 985. The Balaban J connectivity index is 1.75. The van der Waals surface area contributed by atoms with Crippen LogP contribution in [0.3, 0.4) is 0 Å². The molecule has 2 aromatic carbocycles. The Morgan fingerprint density at radius 1 is 0.852 bits per heavy atom. The van der Waals surface area contributed by atoms with Gasteiger partial charge in [0.1, 0.15) is 5.69 Å². The highest BCUT2D eigenvalue weighted by Gasteiger charge is 2.10. The third kappa shape index (κ3) is 4.92. The predicted octanol–water partition coefficient (Wildman–Crippen LogP) is 4.34. The fraction of sp³-hybridized carbons (Fsp3) is 0.0952. The number of rotatable bonds is 5. The molecule has 3 rings (SSSR count). The molecular weight excluding hydrogens is 340 g/mol. The summed E-state index contributed by atoms with van der Waals surface area (Å²) in [5.41, 5.74) is 4.25. The van der Waals surface area contributed by atoms with Crippen LogP contribution in [0.2, 0.25) is 0 Å². The largest absolute Gasteiger partial charge is 0.355 e. The maximum atomic E-state index is 12.5. The van der Waals surface area contributed by atoms with Crippen molar-refractivity contribution >= 4 is 34.6 Å². The number of pyridine rings is 1. The minimum Gasteiger partial charge on any atom is -0.355 e. The molecule has 136 valence electrons. The number of carbonyl (C=O) groups is 2. The lowest BCUT2D eigenvalue weighted by molar-refractivity contribution is -0.114. The molecular formula is C21H20N4O2. The molecule has 6 heteroatoms. The van der Waals surface area contributed by atoms with Gasteiger partial charge in [-0.2, -0.15) is 0 Å². The topological polar surface area (TPSA) is 83.1 Å². The first kappa shape index (κ1) is 18.1. The molecule has 2 amide bonds. The first-order valence-corrected chi connectivity index (χ1v) is 8.49. The lowest BCUT2D eigenvalue weighted by atomic mass is 10.2. The van der Waals surface area contributed by atoms with Gasteiger partial charge >= 0.3 is 0 Å². The van der Waals surface area contributed by atoms with Crippen molar-refractivity contribution in [2.75, 3.05) is 16.0 Å². The summed E-state index contributed by atoms with van der Waals surface area (Å²) in [6, 6.07) is 18.4. The fourth-order valence-electron chi connectivity index (χ4n) is 2.58. The third-order valence-electron chi connectivity index (χ3n) is 3.86. The van der Waals surface area contributed by atoms with E-state index in [2.05, 4.69) is 20.9 Å². The normalized spacial score (nSPS) is 10.1. The molecule has 0 saturated carbocycles. The Labute approximate surface area is 157 Å². The van der Waals surface area contributed by atoms with Gasteiger partial charge in [-0.3, -0.25) is 14.6 Å². The number of anilines is 4. The van der Waals surface area contributed by atoms with Gasteiger partial charge in [-0.05, 0) is 48.9 Å². The highest BCUT2D eigenvalue weighted by atomic mass is 16.2. The van der Waals surface area contributed by atoms with Crippen LogP contribution in [0.25, 0.3) is 0 Å². The smallest absolute Gasteiger partial charge is 0.274 e. The van der Waals surface area contributed by atoms with Gasteiger partial charge in [0.2, 0.25) is 5.91 Å². The Kier molecular flexibility index (Phi) is 5.47. The molecule has 0 aliphatic heterocycles. The minimum absolute atomic E-state index is 0.133. The van der Waals surface area contributed by atoms with Crippen LogP contribution < -0.4 is 16.0 Å². The summed E-state index contributed by atoms with van der Waals surface area (Å²) in [5, 5.41) is 8.83. The molecule has 1 heterocycles. The van der Waals surface area contributed by atoms with Crippen molar-refractivity contribution in [1.82, 2.24) is 4.98 Å². The number of benzene rings is 2. The molecule has 0 aliphatic rings. The lowest BCUT2D eigenvalue weighted by Crippen LogP contribution is -2.14. The SMILES string of the molecule is CC(=O)Nc1cccc(Nc2ccnc(C(=O)Nc3ccccc3C)c2)c1. The van der Waals surface area contributed by atoms with Gasteiger partial charge in [0, 0.05) is 35.9 Å². The summed E-state index contributed by atoms with van der Waals surface area (Å²) in [5.74, 6) is -0.411. The summed E-state index contributed by atoms with van der Waals surface area (Å²) in [4.78, 5) is 27.8. The molecule has 0 fully saturated rings. The predicted molar refractivity (Wildman–Crippen MR) is 107 cm³/mol. The number of hydrogen-bond donors (Lipinski definition) is 3. The van der Waals surface area contributed by atoms with Crippen LogP contribution in [0.4, 0.5) is 22.7 Å². The van der Waals surface area contributed by atoms with E-state index in [1.165, 1.54) is 6.92 Å². The van der Waals surface area contributed by atoms with E-state index in [0.717, 1.165) is 22.6 Å². The van der Waals surface area contributed by atoms with E-state index in [9.17, 15) is 9.59 Å². The molecule has 6 nitrogen and oxygen atoms in total. The van der Waals surface area contributed by atoms with E-state index in [0.29, 0.717) is 11.4 Å². The maximum Gasteiger partial charge on any atom is 0.274 e. The molecule has 0 bridgehead atoms. The summed E-state index contributed by atoms with van der Waals surface area (Å²) < 4.78 is 0. The number of hydrogen-bond acceptors (Lipinski definition) is 4. The standard InChI is InChI=1S/C21H20N4O2/c1-14-6-3-4-9-19(14)25-21(27)20-13-18(10-11-22-20)24-17-8-5-7-16(12-17)23-15(2)26/h3-13H,1-2H3,(H,22,24)(H,23,26)(H,25,27). The Hall–Kier alpha value is -3.67. The maximum absolute atomic E-state index is 12.5. The van der Waals surface area contributed by atoms with Crippen molar-refractivity contribution in [3.8, 4) is 0 Å². The molecule has 0 saturated heterocycles. The first-order chi connectivity index (χ1) is 13.0. The van der Waals surface area contributed by atoms with Crippen LogP contribution >= 0.6 is 0 Å². The molecule has 0 spiro atoms.